The van der Waals surface area contributed by atoms with Crippen molar-refractivity contribution in [3.63, 3.8) is 0 Å². The van der Waals surface area contributed by atoms with Crippen molar-refractivity contribution in [2.24, 2.45) is 35.1 Å². The Labute approximate surface area is 512 Å². The van der Waals surface area contributed by atoms with E-state index in [0.717, 1.165) is 0 Å². The summed E-state index contributed by atoms with van der Waals surface area (Å²) in [5, 5.41) is 25.3. The number of benzene rings is 2. The molecule has 0 aromatic heterocycles. The normalized spacial score (nSPS) is 26.9. The number of hydrogen-bond donors (Lipinski definition) is 11. The standard InChI is InChI=1S/C63H97N13O11/c1-36(2)32-45-56(80)71-47(34-41-20-12-10-13-21-41)62(86)75-30-18-27-50(75)59(83)74-52(39(7)8)61(85)68-44(25-17-29-65)55(79)70-46(33-37(3)4)57(81)72-48(35-42-22-14-11-15-23-42)63(87)76-31-19-26-49(76)58(82)73-51(38(5)6)60(84)67-43(24-16-28-64)54(78)66-40(9)53(77)69-45/h10-15,20-23,36-40,43-52H,16-19,24-35,64-65H2,1-9H3,(H,66,78)(H,67,84)(H,68,85)(H,69,77)(H,70,79)(H,71,80)(H,72,81)(H,73,82)(H,74,83)/t40-,43-,44-,45-,46-,47+,48+,49-,50-,51-,52-/m0/s1. The molecule has 11 atom stereocenters. The minimum Gasteiger partial charge on any atom is -0.343 e. The van der Waals surface area contributed by atoms with Gasteiger partial charge in [0.15, 0.2) is 0 Å². The first-order valence-corrected chi connectivity index (χ1v) is 31.2. The molecule has 11 amide bonds. The number of rotatable bonds is 16. The molecule has 24 heteroatoms. The predicted molar refractivity (Wildman–Crippen MR) is 328 cm³/mol. The van der Waals surface area contributed by atoms with Crippen LogP contribution >= 0.6 is 0 Å². The Bertz CT molecular complexity index is 2680. The van der Waals surface area contributed by atoms with E-state index in [4.69, 9.17) is 11.5 Å². The highest BCUT2D eigenvalue weighted by Gasteiger charge is 2.43. The summed E-state index contributed by atoms with van der Waals surface area (Å²) in [4.78, 5) is 162. The van der Waals surface area contributed by atoms with Crippen LogP contribution in [0.15, 0.2) is 60.7 Å². The Morgan fingerprint density at radius 2 is 0.747 bits per heavy atom. The van der Waals surface area contributed by atoms with Crippen LogP contribution in [0.25, 0.3) is 0 Å². The molecular weight excluding hydrogens is 1110 g/mol. The van der Waals surface area contributed by atoms with E-state index in [1.807, 2.05) is 27.7 Å². The molecule has 480 valence electrons. The van der Waals surface area contributed by atoms with E-state index in [-0.39, 0.29) is 102 Å². The molecule has 0 saturated carbocycles. The van der Waals surface area contributed by atoms with Crippen LogP contribution < -0.4 is 59.3 Å². The number of amides is 11. The van der Waals surface area contributed by atoms with Crippen LogP contribution in [0.3, 0.4) is 0 Å². The molecule has 3 aliphatic rings. The number of nitrogens with two attached hydrogens (primary N) is 2. The van der Waals surface area contributed by atoms with Crippen molar-refractivity contribution in [3.8, 4) is 0 Å². The maximum atomic E-state index is 14.9. The zero-order chi connectivity index (χ0) is 64.1. The van der Waals surface area contributed by atoms with E-state index >= 15 is 0 Å². The first-order valence-electron chi connectivity index (χ1n) is 31.2. The van der Waals surface area contributed by atoms with Crippen LogP contribution in [-0.4, -0.2) is 167 Å². The summed E-state index contributed by atoms with van der Waals surface area (Å²) in [6, 6.07) is 4.73. The first kappa shape index (κ1) is 70.3. The van der Waals surface area contributed by atoms with Crippen molar-refractivity contribution in [2.75, 3.05) is 26.2 Å². The number of carbonyl (C=O) groups is 11. The number of nitrogens with zero attached hydrogens (tertiary/aromatic N) is 2. The van der Waals surface area contributed by atoms with Crippen LogP contribution in [0.1, 0.15) is 138 Å². The summed E-state index contributed by atoms with van der Waals surface area (Å²) >= 11 is 0. The van der Waals surface area contributed by atoms with Crippen molar-refractivity contribution in [1.82, 2.24) is 57.7 Å². The molecule has 0 unspecified atom stereocenters. The van der Waals surface area contributed by atoms with E-state index in [0.29, 0.717) is 24.0 Å². The van der Waals surface area contributed by atoms with Gasteiger partial charge in [0.1, 0.15) is 66.5 Å². The van der Waals surface area contributed by atoms with Crippen LogP contribution in [0.2, 0.25) is 0 Å². The first-order chi connectivity index (χ1) is 41.3. The van der Waals surface area contributed by atoms with Gasteiger partial charge in [-0.2, -0.15) is 0 Å². The minimum absolute atomic E-state index is 0.00817. The van der Waals surface area contributed by atoms with Gasteiger partial charge in [0.05, 0.1) is 0 Å². The van der Waals surface area contributed by atoms with E-state index in [9.17, 15) is 52.7 Å². The maximum absolute atomic E-state index is 14.9. The fraction of sp³-hybridized carbons (Fsp3) is 0.635. The summed E-state index contributed by atoms with van der Waals surface area (Å²) in [7, 11) is 0. The van der Waals surface area contributed by atoms with Crippen molar-refractivity contribution >= 4 is 65.0 Å². The van der Waals surface area contributed by atoms with Gasteiger partial charge in [0.25, 0.3) is 0 Å². The molecule has 2 aromatic carbocycles. The van der Waals surface area contributed by atoms with Gasteiger partial charge in [-0.3, -0.25) is 52.7 Å². The second-order valence-electron chi connectivity index (χ2n) is 24.9. The van der Waals surface area contributed by atoms with Gasteiger partial charge >= 0.3 is 0 Å². The minimum atomic E-state index is -1.25. The molecule has 5 rings (SSSR count). The quantitative estimate of drug-likeness (QED) is 0.111. The van der Waals surface area contributed by atoms with Crippen LogP contribution in [-0.2, 0) is 65.6 Å². The average molecular weight is 1210 g/mol. The van der Waals surface area contributed by atoms with Gasteiger partial charge in [0, 0.05) is 25.9 Å². The smallest absolute Gasteiger partial charge is 0.246 e. The Kier molecular flexibility index (Phi) is 27.6. The fourth-order valence-electron chi connectivity index (χ4n) is 11.3. The molecule has 0 spiro atoms. The van der Waals surface area contributed by atoms with Crippen molar-refractivity contribution in [2.45, 2.75) is 206 Å². The average Bonchev–Trinajstić information content (AvgIpc) is 3.47. The zero-order valence-corrected chi connectivity index (χ0v) is 52.3. The number of hydrogen-bond acceptors (Lipinski definition) is 13. The summed E-state index contributed by atoms with van der Waals surface area (Å²) < 4.78 is 0. The third-order valence-electron chi connectivity index (χ3n) is 16.1. The van der Waals surface area contributed by atoms with Gasteiger partial charge in [-0.1, -0.05) is 116 Å². The summed E-state index contributed by atoms with van der Waals surface area (Å²) in [5.41, 5.74) is 13.2. The molecule has 87 heavy (non-hydrogen) atoms. The molecule has 2 aromatic rings. The summed E-state index contributed by atoms with van der Waals surface area (Å²) in [6.45, 7) is 16.3. The largest absolute Gasteiger partial charge is 0.343 e. The third kappa shape index (κ3) is 20.8. The van der Waals surface area contributed by atoms with Crippen molar-refractivity contribution in [1.29, 1.82) is 0 Å². The van der Waals surface area contributed by atoms with E-state index in [1.54, 1.807) is 88.4 Å². The van der Waals surface area contributed by atoms with E-state index in [2.05, 4.69) is 47.9 Å². The molecule has 3 heterocycles. The molecule has 13 N–H and O–H groups in total. The van der Waals surface area contributed by atoms with Gasteiger partial charge in [-0.15, -0.1) is 0 Å². The second kappa shape index (κ2) is 34.2. The Morgan fingerprint density at radius 3 is 1.10 bits per heavy atom. The topological polar surface area (TPSA) is 355 Å². The second-order valence-corrected chi connectivity index (χ2v) is 24.9. The predicted octanol–water partition coefficient (Wildman–Crippen LogP) is 0.732. The van der Waals surface area contributed by atoms with Gasteiger partial charge in [0.2, 0.25) is 65.0 Å². The molecular formula is C63H97N13O11. The van der Waals surface area contributed by atoms with Gasteiger partial charge in [-0.05, 0) is 119 Å². The highest BCUT2D eigenvalue weighted by atomic mass is 16.2. The lowest BCUT2D eigenvalue weighted by Gasteiger charge is -2.32. The van der Waals surface area contributed by atoms with Gasteiger partial charge < -0.3 is 69.1 Å². The lowest BCUT2D eigenvalue weighted by Crippen LogP contribution is -2.61. The Morgan fingerprint density at radius 1 is 0.414 bits per heavy atom. The van der Waals surface area contributed by atoms with Crippen LogP contribution in [0.5, 0.6) is 0 Å². The lowest BCUT2D eigenvalue weighted by atomic mass is 9.99. The lowest BCUT2D eigenvalue weighted by molar-refractivity contribution is -0.143. The maximum Gasteiger partial charge on any atom is 0.246 e. The third-order valence-corrected chi connectivity index (χ3v) is 16.1. The zero-order valence-electron chi connectivity index (χ0n) is 52.3. The Hall–Kier alpha value is -7.47. The summed E-state index contributed by atoms with van der Waals surface area (Å²) in [5.74, 6) is -8.81. The summed E-state index contributed by atoms with van der Waals surface area (Å²) in [6.07, 6.45) is 2.24. The van der Waals surface area contributed by atoms with Crippen molar-refractivity contribution < 1.29 is 52.7 Å². The number of carbonyl (C=O) groups excluding carboxylic acids is 11. The molecule has 3 fully saturated rings. The molecule has 0 bridgehead atoms. The molecule has 24 nitrogen and oxygen atoms in total. The van der Waals surface area contributed by atoms with E-state index in [1.165, 1.54) is 16.7 Å². The molecule has 0 aliphatic carbocycles. The van der Waals surface area contributed by atoms with Crippen LogP contribution in [0, 0.1) is 23.7 Å². The fourth-order valence-corrected chi connectivity index (χ4v) is 11.3. The molecule has 3 aliphatic heterocycles. The highest BCUT2D eigenvalue weighted by Crippen LogP contribution is 2.24. The molecule has 3 saturated heterocycles. The Balaban J connectivity index is 1.57. The number of nitrogens with one attached hydrogen (secondary N) is 9. The SMILES string of the molecule is CC(C)C[C@@H]1NC(=O)[C@H](C)NC(=O)[C@H](CCCN)NC(=O)[C@H](C(C)C)NC(=O)[C@@H]2CCCN2C(=O)[C@@H](Cc2ccccc2)NC(=O)[C@H](CC(C)C)NC(=O)[C@H](CCCN)NC(=O)[C@H](C(C)C)NC(=O)[C@@H]2CCCN2C(=O)[C@@H](Cc2ccccc2)NC1=O. The monoisotopic (exact) mass is 1210 g/mol. The van der Waals surface area contributed by atoms with Crippen molar-refractivity contribution in [3.05, 3.63) is 71.8 Å². The van der Waals surface area contributed by atoms with E-state index < -0.39 is 143 Å². The van der Waals surface area contributed by atoms with Crippen LogP contribution in [0.4, 0.5) is 0 Å². The van der Waals surface area contributed by atoms with Gasteiger partial charge in [-0.25, -0.2) is 0 Å². The highest BCUT2D eigenvalue weighted by molar-refractivity contribution is 6.00. The molecule has 0 radical (unpaired) electrons. The number of fused-ring (bicyclic) bond motifs is 2.